The maximum absolute atomic E-state index is 11.9. The number of aromatic hydroxyl groups is 1. The maximum atomic E-state index is 11.9. The highest BCUT2D eigenvalue weighted by atomic mass is 16.3. The van der Waals surface area contributed by atoms with Crippen LogP contribution in [0.3, 0.4) is 0 Å². The predicted octanol–water partition coefficient (Wildman–Crippen LogP) is 1.07. The Kier molecular flexibility index (Phi) is 1.80. The van der Waals surface area contributed by atoms with Gasteiger partial charge in [-0.05, 0) is 18.2 Å². The SMILES string of the molecule is CN1CC(=O)n2c(cc3ccc(O)cc32)C1=O. The highest BCUT2D eigenvalue weighted by Gasteiger charge is 2.29. The monoisotopic (exact) mass is 230 g/mol. The number of carbonyl (C=O) groups is 2. The van der Waals surface area contributed by atoms with Crippen molar-refractivity contribution in [3.05, 3.63) is 30.0 Å². The van der Waals surface area contributed by atoms with Crippen LogP contribution in [-0.4, -0.2) is 40.0 Å². The summed E-state index contributed by atoms with van der Waals surface area (Å²) < 4.78 is 1.37. The lowest BCUT2D eigenvalue weighted by molar-refractivity contribution is 0.0661. The van der Waals surface area contributed by atoms with Crippen LogP contribution in [0.2, 0.25) is 0 Å². The molecule has 86 valence electrons. The van der Waals surface area contributed by atoms with Crippen molar-refractivity contribution in [2.45, 2.75) is 0 Å². The minimum Gasteiger partial charge on any atom is -0.508 e. The average molecular weight is 230 g/mol. The Morgan fingerprint density at radius 3 is 2.76 bits per heavy atom. The van der Waals surface area contributed by atoms with E-state index in [0.717, 1.165) is 5.39 Å². The molecule has 5 nitrogen and oxygen atoms in total. The van der Waals surface area contributed by atoms with Crippen LogP contribution in [0.5, 0.6) is 5.75 Å². The van der Waals surface area contributed by atoms with Gasteiger partial charge < -0.3 is 10.0 Å². The van der Waals surface area contributed by atoms with Gasteiger partial charge in [-0.25, -0.2) is 0 Å². The number of phenols is 1. The Morgan fingerprint density at radius 1 is 1.24 bits per heavy atom. The topological polar surface area (TPSA) is 62.5 Å². The van der Waals surface area contributed by atoms with Gasteiger partial charge in [0.2, 0.25) is 0 Å². The average Bonchev–Trinajstić information content (AvgIpc) is 2.65. The van der Waals surface area contributed by atoms with E-state index in [1.165, 1.54) is 21.6 Å². The van der Waals surface area contributed by atoms with Crippen LogP contribution < -0.4 is 0 Å². The number of aromatic nitrogens is 1. The van der Waals surface area contributed by atoms with Gasteiger partial charge in [0.15, 0.2) is 0 Å². The Hall–Kier alpha value is -2.30. The van der Waals surface area contributed by atoms with Gasteiger partial charge in [-0.3, -0.25) is 14.2 Å². The summed E-state index contributed by atoms with van der Waals surface area (Å²) in [5.41, 5.74) is 0.927. The second kappa shape index (κ2) is 3.10. The van der Waals surface area contributed by atoms with Crippen molar-refractivity contribution in [1.29, 1.82) is 0 Å². The molecule has 0 spiro atoms. The summed E-state index contributed by atoms with van der Waals surface area (Å²) in [6, 6.07) is 6.39. The van der Waals surface area contributed by atoms with Gasteiger partial charge in [-0.15, -0.1) is 0 Å². The van der Waals surface area contributed by atoms with Crippen LogP contribution >= 0.6 is 0 Å². The number of carbonyl (C=O) groups excluding carboxylic acids is 2. The van der Waals surface area contributed by atoms with Crippen LogP contribution in [-0.2, 0) is 0 Å². The molecule has 0 fully saturated rings. The summed E-state index contributed by atoms with van der Waals surface area (Å²) in [4.78, 5) is 25.2. The zero-order valence-electron chi connectivity index (χ0n) is 9.17. The standard InChI is InChI=1S/C12H10N2O3/c1-13-6-11(16)14-9-5-8(15)3-2-7(9)4-10(14)12(13)17/h2-5,15H,6H2,1H3. The molecular formula is C12H10N2O3. The van der Waals surface area contributed by atoms with Crippen LogP contribution in [0, 0.1) is 0 Å². The Morgan fingerprint density at radius 2 is 2.00 bits per heavy atom. The smallest absolute Gasteiger partial charge is 0.271 e. The van der Waals surface area contributed by atoms with Gasteiger partial charge in [-0.2, -0.15) is 0 Å². The van der Waals surface area contributed by atoms with Gasteiger partial charge in [0, 0.05) is 18.5 Å². The fourth-order valence-electron chi connectivity index (χ4n) is 2.16. The minimum absolute atomic E-state index is 0.0608. The van der Waals surface area contributed by atoms with E-state index >= 15 is 0 Å². The molecule has 17 heavy (non-hydrogen) atoms. The number of hydrogen-bond acceptors (Lipinski definition) is 3. The number of rotatable bonds is 0. The normalized spacial score (nSPS) is 15.5. The van der Waals surface area contributed by atoms with Crippen molar-refractivity contribution in [2.24, 2.45) is 0 Å². The number of phenolic OH excluding ortho intramolecular Hbond substituents is 1. The zero-order chi connectivity index (χ0) is 12.2. The number of hydrogen-bond donors (Lipinski definition) is 1. The second-order valence-electron chi connectivity index (χ2n) is 4.16. The van der Waals surface area contributed by atoms with Gasteiger partial charge in [0.1, 0.15) is 18.0 Å². The van der Waals surface area contributed by atoms with E-state index < -0.39 is 0 Å². The molecule has 0 saturated heterocycles. The summed E-state index contributed by atoms with van der Waals surface area (Å²) >= 11 is 0. The van der Waals surface area contributed by atoms with Gasteiger partial charge in [-0.1, -0.05) is 0 Å². The zero-order valence-corrected chi connectivity index (χ0v) is 9.17. The molecule has 1 aromatic carbocycles. The summed E-state index contributed by atoms with van der Waals surface area (Å²) in [6.07, 6.45) is 0. The summed E-state index contributed by atoms with van der Waals surface area (Å²) in [7, 11) is 1.60. The Balaban J connectivity index is 2.38. The fourth-order valence-corrected chi connectivity index (χ4v) is 2.16. The molecule has 0 saturated carbocycles. The fraction of sp³-hybridized carbons (Fsp3) is 0.167. The first-order valence-electron chi connectivity index (χ1n) is 5.21. The van der Waals surface area contributed by atoms with E-state index in [-0.39, 0.29) is 24.1 Å². The Bertz CT molecular complexity index is 657. The van der Waals surface area contributed by atoms with Crippen molar-refractivity contribution in [1.82, 2.24) is 9.47 Å². The van der Waals surface area contributed by atoms with Crippen LogP contribution in [0.25, 0.3) is 10.9 Å². The summed E-state index contributed by atoms with van der Waals surface area (Å²) in [5, 5.41) is 10.2. The first kappa shape index (κ1) is 9.89. The molecule has 5 heteroatoms. The molecule has 0 bridgehead atoms. The number of amides is 1. The number of fused-ring (bicyclic) bond motifs is 3. The lowest BCUT2D eigenvalue weighted by Gasteiger charge is -2.23. The molecule has 0 aliphatic carbocycles. The van der Waals surface area contributed by atoms with Gasteiger partial charge >= 0.3 is 0 Å². The lowest BCUT2D eigenvalue weighted by Crippen LogP contribution is -2.41. The largest absolute Gasteiger partial charge is 0.508 e. The first-order chi connectivity index (χ1) is 8.08. The molecule has 1 aliphatic heterocycles. The molecule has 0 atom stereocenters. The molecule has 1 aromatic heterocycles. The highest BCUT2D eigenvalue weighted by Crippen LogP contribution is 2.26. The first-order valence-corrected chi connectivity index (χ1v) is 5.21. The maximum Gasteiger partial charge on any atom is 0.271 e. The molecule has 0 radical (unpaired) electrons. The second-order valence-corrected chi connectivity index (χ2v) is 4.16. The molecule has 3 rings (SSSR count). The molecule has 1 aliphatic rings. The molecule has 1 N–H and O–H groups in total. The predicted molar refractivity (Wildman–Crippen MR) is 61.2 cm³/mol. The van der Waals surface area contributed by atoms with Crippen LogP contribution in [0.1, 0.15) is 15.3 Å². The number of nitrogens with zero attached hydrogens (tertiary/aromatic N) is 2. The van der Waals surface area contributed by atoms with Crippen LogP contribution in [0.15, 0.2) is 24.3 Å². The third-order valence-electron chi connectivity index (χ3n) is 2.98. The van der Waals surface area contributed by atoms with E-state index in [2.05, 4.69) is 0 Å². The van der Waals surface area contributed by atoms with Gasteiger partial charge in [0.25, 0.3) is 11.8 Å². The number of likely N-dealkylation sites (N-methyl/N-ethyl adjacent to an activating group) is 1. The molecule has 2 heterocycles. The van der Waals surface area contributed by atoms with Crippen LogP contribution in [0.4, 0.5) is 0 Å². The van der Waals surface area contributed by atoms with Crippen molar-refractivity contribution in [2.75, 3.05) is 13.6 Å². The van der Waals surface area contributed by atoms with Crippen molar-refractivity contribution in [3.63, 3.8) is 0 Å². The number of benzene rings is 1. The lowest BCUT2D eigenvalue weighted by atomic mass is 10.2. The third kappa shape index (κ3) is 1.25. The summed E-state index contributed by atoms with van der Waals surface area (Å²) in [5.74, 6) is -0.263. The third-order valence-corrected chi connectivity index (χ3v) is 2.98. The van der Waals surface area contributed by atoms with E-state index in [4.69, 9.17) is 0 Å². The quantitative estimate of drug-likeness (QED) is 0.736. The highest BCUT2D eigenvalue weighted by molar-refractivity contribution is 6.09. The van der Waals surface area contributed by atoms with Crippen molar-refractivity contribution >= 4 is 22.7 Å². The van der Waals surface area contributed by atoms with Crippen molar-refractivity contribution < 1.29 is 14.7 Å². The van der Waals surface area contributed by atoms with E-state index in [9.17, 15) is 14.7 Å². The molecule has 2 aromatic rings. The molecule has 1 amide bonds. The molecular weight excluding hydrogens is 220 g/mol. The Labute approximate surface area is 96.9 Å². The molecule has 0 unspecified atom stereocenters. The van der Waals surface area contributed by atoms with Gasteiger partial charge in [0.05, 0.1) is 5.52 Å². The summed E-state index contributed by atoms with van der Waals surface area (Å²) in [6.45, 7) is 0.0608. The van der Waals surface area contributed by atoms with E-state index in [0.29, 0.717) is 11.2 Å². The van der Waals surface area contributed by atoms with E-state index in [1.807, 2.05) is 0 Å². The van der Waals surface area contributed by atoms with E-state index in [1.54, 1.807) is 19.2 Å². The van der Waals surface area contributed by atoms with Crippen molar-refractivity contribution in [3.8, 4) is 5.75 Å². The minimum atomic E-state index is -0.180.